The molecular weight excluding hydrogens is 264 g/mol. The van der Waals surface area contributed by atoms with Crippen molar-refractivity contribution in [2.75, 3.05) is 5.43 Å². The summed E-state index contributed by atoms with van der Waals surface area (Å²) in [5.74, 6) is 5.11. The normalized spacial score (nSPS) is 10.0. The Kier molecular flexibility index (Phi) is 4.33. The number of nitrogens with two attached hydrogens (primary N) is 1. The standard InChI is InChI=1S/C13H13ClN4O/c14-10-3-4-12(18-15)11(6-10)13(19)17-8-9-2-1-5-16-7-9/h1-7,18H,8,15H2,(H,17,19). The predicted molar refractivity (Wildman–Crippen MR) is 74.7 cm³/mol. The number of benzene rings is 1. The van der Waals surface area contributed by atoms with E-state index in [-0.39, 0.29) is 5.91 Å². The number of hydrazine groups is 1. The molecule has 0 bridgehead atoms. The molecule has 98 valence electrons. The van der Waals surface area contributed by atoms with E-state index >= 15 is 0 Å². The number of hydrogen-bond donors (Lipinski definition) is 3. The zero-order valence-electron chi connectivity index (χ0n) is 10.1. The number of anilines is 1. The molecule has 6 heteroatoms. The van der Waals surface area contributed by atoms with Crippen LogP contribution >= 0.6 is 11.6 Å². The number of carbonyl (C=O) groups excluding carboxylic acids is 1. The lowest BCUT2D eigenvalue weighted by Crippen LogP contribution is -2.24. The number of rotatable bonds is 4. The van der Waals surface area contributed by atoms with Gasteiger partial charge in [0.25, 0.3) is 5.91 Å². The number of halogens is 1. The predicted octanol–water partition coefficient (Wildman–Crippen LogP) is 1.95. The number of aromatic nitrogens is 1. The van der Waals surface area contributed by atoms with Crippen molar-refractivity contribution in [1.82, 2.24) is 10.3 Å². The van der Waals surface area contributed by atoms with Gasteiger partial charge in [0.15, 0.2) is 0 Å². The van der Waals surface area contributed by atoms with E-state index < -0.39 is 0 Å². The monoisotopic (exact) mass is 276 g/mol. The molecule has 0 radical (unpaired) electrons. The van der Waals surface area contributed by atoms with E-state index in [2.05, 4.69) is 15.7 Å². The van der Waals surface area contributed by atoms with E-state index in [4.69, 9.17) is 17.4 Å². The van der Waals surface area contributed by atoms with E-state index in [1.165, 1.54) is 0 Å². The Labute approximate surface area is 115 Å². The molecule has 0 unspecified atom stereocenters. The average Bonchev–Trinajstić information content (AvgIpc) is 2.46. The van der Waals surface area contributed by atoms with Gasteiger partial charge in [0, 0.05) is 24.0 Å². The van der Waals surface area contributed by atoms with Crippen LogP contribution in [0.4, 0.5) is 5.69 Å². The van der Waals surface area contributed by atoms with E-state index in [0.717, 1.165) is 5.56 Å². The average molecular weight is 277 g/mol. The first-order valence-corrected chi connectivity index (χ1v) is 6.02. The van der Waals surface area contributed by atoms with Crippen LogP contribution in [0.15, 0.2) is 42.7 Å². The SMILES string of the molecule is NNc1ccc(Cl)cc1C(=O)NCc1cccnc1. The molecule has 1 aromatic heterocycles. The first kappa shape index (κ1) is 13.3. The van der Waals surface area contributed by atoms with Crippen molar-refractivity contribution in [3.63, 3.8) is 0 Å². The van der Waals surface area contributed by atoms with E-state index in [1.54, 1.807) is 30.6 Å². The number of nitrogen functional groups attached to an aromatic ring is 1. The maximum Gasteiger partial charge on any atom is 0.253 e. The summed E-state index contributed by atoms with van der Waals surface area (Å²) in [6.45, 7) is 0.392. The van der Waals surface area contributed by atoms with E-state index in [1.807, 2.05) is 12.1 Å². The minimum Gasteiger partial charge on any atom is -0.348 e. The van der Waals surface area contributed by atoms with Gasteiger partial charge in [0.1, 0.15) is 0 Å². The van der Waals surface area contributed by atoms with Gasteiger partial charge in [0.2, 0.25) is 0 Å². The van der Waals surface area contributed by atoms with Gasteiger partial charge in [0.05, 0.1) is 11.3 Å². The van der Waals surface area contributed by atoms with Crippen molar-refractivity contribution in [2.45, 2.75) is 6.54 Å². The van der Waals surface area contributed by atoms with Gasteiger partial charge in [-0.1, -0.05) is 17.7 Å². The summed E-state index contributed by atoms with van der Waals surface area (Å²) in [6.07, 6.45) is 3.37. The first-order chi connectivity index (χ1) is 9.20. The Hall–Kier alpha value is -2.11. The summed E-state index contributed by atoms with van der Waals surface area (Å²) in [7, 11) is 0. The molecule has 0 saturated heterocycles. The highest BCUT2D eigenvalue weighted by atomic mass is 35.5. The summed E-state index contributed by atoms with van der Waals surface area (Å²) in [5.41, 5.74) is 4.31. The highest BCUT2D eigenvalue weighted by Crippen LogP contribution is 2.19. The van der Waals surface area contributed by atoms with Crippen LogP contribution in [0.25, 0.3) is 0 Å². The molecular formula is C13H13ClN4O. The third-order valence-electron chi connectivity index (χ3n) is 2.56. The number of carbonyl (C=O) groups is 1. The molecule has 0 aliphatic rings. The molecule has 5 nitrogen and oxygen atoms in total. The van der Waals surface area contributed by atoms with Gasteiger partial charge in [-0.15, -0.1) is 0 Å². The van der Waals surface area contributed by atoms with Crippen LogP contribution in [-0.4, -0.2) is 10.9 Å². The molecule has 2 rings (SSSR count). The summed E-state index contributed by atoms with van der Waals surface area (Å²) in [5, 5.41) is 3.26. The number of amides is 1. The Morgan fingerprint density at radius 3 is 2.89 bits per heavy atom. The molecule has 0 aliphatic heterocycles. The molecule has 19 heavy (non-hydrogen) atoms. The summed E-state index contributed by atoms with van der Waals surface area (Å²) < 4.78 is 0. The number of nitrogens with zero attached hydrogens (tertiary/aromatic N) is 1. The molecule has 1 amide bonds. The molecule has 1 aromatic carbocycles. The lowest BCUT2D eigenvalue weighted by Gasteiger charge is -2.10. The van der Waals surface area contributed by atoms with Gasteiger partial charge in [-0.3, -0.25) is 15.6 Å². The molecule has 0 spiro atoms. The van der Waals surface area contributed by atoms with Crippen LogP contribution in [0.2, 0.25) is 5.02 Å². The number of pyridine rings is 1. The maximum atomic E-state index is 12.1. The smallest absolute Gasteiger partial charge is 0.253 e. The minimum atomic E-state index is -0.251. The van der Waals surface area contributed by atoms with Gasteiger partial charge in [-0.25, -0.2) is 0 Å². The Morgan fingerprint density at radius 1 is 1.37 bits per heavy atom. The van der Waals surface area contributed by atoms with Gasteiger partial charge in [-0.2, -0.15) is 0 Å². The molecule has 0 fully saturated rings. The molecule has 4 N–H and O–H groups in total. The van der Waals surface area contributed by atoms with Crippen LogP contribution in [0.3, 0.4) is 0 Å². The van der Waals surface area contributed by atoms with Gasteiger partial charge < -0.3 is 10.7 Å². The minimum absolute atomic E-state index is 0.251. The number of hydrogen-bond acceptors (Lipinski definition) is 4. The van der Waals surface area contributed by atoms with Crippen molar-refractivity contribution in [3.05, 3.63) is 58.9 Å². The zero-order chi connectivity index (χ0) is 13.7. The van der Waals surface area contributed by atoms with Crippen LogP contribution < -0.4 is 16.6 Å². The molecule has 1 heterocycles. The first-order valence-electron chi connectivity index (χ1n) is 5.64. The van der Waals surface area contributed by atoms with Crippen molar-refractivity contribution in [1.29, 1.82) is 0 Å². The Bertz CT molecular complexity index is 574. The zero-order valence-corrected chi connectivity index (χ0v) is 10.8. The third-order valence-corrected chi connectivity index (χ3v) is 2.79. The second kappa shape index (κ2) is 6.17. The van der Waals surface area contributed by atoms with Crippen molar-refractivity contribution in [3.8, 4) is 0 Å². The fourth-order valence-corrected chi connectivity index (χ4v) is 1.78. The Balaban J connectivity index is 2.10. The van der Waals surface area contributed by atoms with Gasteiger partial charge in [-0.05, 0) is 29.8 Å². The van der Waals surface area contributed by atoms with E-state index in [0.29, 0.717) is 22.8 Å². The quantitative estimate of drug-likeness (QED) is 0.589. The summed E-state index contributed by atoms with van der Waals surface area (Å²) in [4.78, 5) is 16.0. The Morgan fingerprint density at radius 2 is 2.21 bits per heavy atom. The fraction of sp³-hybridized carbons (Fsp3) is 0.0769. The lowest BCUT2D eigenvalue weighted by atomic mass is 10.1. The van der Waals surface area contributed by atoms with Crippen LogP contribution in [0, 0.1) is 0 Å². The largest absolute Gasteiger partial charge is 0.348 e. The molecule has 0 saturated carbocycles. The molecule has 0 atom stereocenters. The van der Waals surface area contributed by atoms with Crippen LogP contribution in [0.5, 0.6) is 0 Å². The second-order valence-electron chi connectivity index (χ2n) is 3.88. The number of nitrogens with one attached hydrogen (secondary N) is 2. The fourth-order valence-electron chi connectivity index (χ4n) is 1.61. The van der Waals surface area contributed by atoms with Crippen molar-refractivity contribution in [2.24, 2.45) is 5.84 Å². The summed E-state index contributed by atoms with van der Waals surface area (Å²) in [6, 6.07) is 8.58. The van der Waals surface area contributed by atoms with Crippen LogP contribution in [-0.2, 0) is 6.54 Å². The lowest BCUT2D eigenvalue weighted by molar-refractivity contribution is 0.0951. The summed E-state index contributed by atoms with van der Waals surface area (Å²) >= 11 is 5.88. The second-order valence-corrected chi connectivity index (χ2v) is 4.31. The van der Waals surface area contributed by atoms with Gasteiger partial charge >= 0.3 is 0 Å². The van der Waals surface area contributed by atoms with E-state index in [9.17, 15) is 4.79 Å². The third kappa shape index (κ3) is 3.43. The molecule has 2 aromatic rings. The maximum absolute atomic E-state index is 12.1. The highest BCUT2D eigenvalue weighted by molar-refractivity contribution is 6.31. The highest BCUT2D eigenvalue weighted by Gasteiger charge is 2.11. The topological polar surface area (TPSA) is 80.0 Å². The van der Waals surface area contributed by atoms with Crippen molar-refractivity contribution >= 4 is 23.2 Å². The molecule has 0 aliphatic carbocycles. The van der Waals surface area contributed by atoms with Crippen LogP contribution in [0.1, 0.15) is 15.9 Å². The van der Waals surface area contributed by atoms with Crippen molar-refractivity contribution < 1.29 is 4.79 Å².